The summed E-state index contributed by atoms with van der Waals surface area (Å²) in [5.41, 5.74) is 0. The van der Waals surface area contributed by atoms with Crippen LogP contribution in [0.25, 0.3) is 0 Å². The van der Waals surface area contributed by atoms with Gasteiger partial charge in [0, 0.05) is 44.8 Å². The van der Waals surface area contributed by atoms with E-state index in [0.29, 0.717) is 18.6 Å². The molecule has 2 aliphatic rings. The van der Waals surface area contributed by atoms with Crippen molar-refractivity contribution in [3.8, 4) is 0 Å². The van der Waals surface area contributed by atoms with Gasteiger partial charge in [0.15, 0.2) is 0 Å². The minimum absolute atomic E-state index is 0.207. The molecule has 0 radical (unpaired) electrons. The SMILES string of the molecule is C[C@@H]1NCC[C@@H]1N1CCN(CCF)CC1. The number of rotatable bonds is 3. The van der Waals surface area contributed by atoms with E-state index >= 15 is 0 Å². The largest absolute Gasteiger partial charge is 0.313 e. The molecule has 88 valence electrons. The summed E-state index contributed by atoms with van der Waals surface area (Å²) in [6, 6.07) is 1.33. The molecule has 0 amide bonds. The quantitative estimate of drug-likeness (QED) is 0.731. The molecule has 15 heavy (non-hydrogen) atoms. The van der Waals surface area contributed by atoms with Gasteiger partial charge >= 0.3 is 0 Å². The van der Waals surface area contributed by atoms with Gasteiger partial charge in [0.25, 0.3) is 0 Å². The van der Waals surface area contributed by atoms with E-state index in [2.05, 4.69) is 22.0 Å². The maximum absolute atomic E-state index is 12.2. The average molecular weight is 215 g/mol. The Hall–Kier alpha value is -0.190. The molecule has 0 bridgehead atoms. The molecule has 3 nitrogen and oxygen atoms in total. The molecule has 0 aromatic heterocycles. The first-order valence-corrected chi connectivity index (χ1v) is 6.07. The van der Waals surface area contributed by atoms with Crippen molar-refractivity contribution in [2.45, 2.75) is 25.4 Å². The summed E-state index contributed by atoms with van der Waals surface area (Å²) in [6.07, 6.45) is 1.27. The first-order valence-electron chi connectivity index (χ1n) is 6.07. The van der Waals surface area contributed by atoms with Crippen molar-refractivity contribution in [1.82, 2.24) is 15.1 Å². The van der Waals surface area contributed by atoms with Crippen LogP contribution >= 0.6 is 0 Å². The molecule has 0 saturated carbocycles. The summed E-state index contributed by atoms with van der Waals surface area (Å²) in [7, 11) is 0. The highest BCUT2D eigenvalue weighted by molar-refractivity contribution is 4.90. The number of nitrogens with zero attached hydrogens (tertiary/aromatic N) is 2. The molecular weight excluding hydrogens is 193 g/mol. The molecule has 1 N–H and O–H groups in total. The number of halogens is 1. The van der Waals surface area contributed by atoms with Crippen molar-refractivity contribution in [3.05, 3.63) is 0 Å². The lowest BCUT2D eigenvalue weighted by atomic mass is 10.1. The third kappa shape index (κ3) is 2.68. The Morgan fingerprint density at radius 2 is 2.00 bits per heavy atom. The third-order valence-electron chi connectivity index (χ3n) is 3.76. The second-order valence-electron chi connectivity index (χ2n) is 4.67. The second kappa shape index (κ2) is 5.23. The predicted molar refractivity (Wildman–Crippen MR) is 59.9 cm³/mol. The van der Waals surface area contributed by atoms with Gasteiger partial charge in [-0.1, -0.05) is 0 Å². The van der Waals surface area contributed by atoms with E-state index in [4.69, 9.17) is 0 Å². The van der Waals surface area contributed by atoms with E-state index in [0.717, 1.165) is 32.7 Å². The van der Waals surface area contributed by atoms with E-state index in [-0.39, 0.29) is 6.67 Å². The van der Waals surface area contributed by atoms with Crippen LogP contribution in [-0.4, -0.2) is 67.8 Å². The average Bonchev–Trinajstić information content (AvgIpc) is 2.66. The number of hydrogen-bond donors (Lipinski definition) is 1. The fraction of sp³-hybridized carbons (Fsp3) is 1.00. The van der Waals surface area contributed by atoms with Crippen LogP contribution in [0.3, 0.4) is 0 Å². The van der Waals surface area contributed by atoms with Crippen LogP contribution in [0.1, 0.15) is 13.3 Å². The molecule has 0 aromatic rings. The normalized spacial score (nSPS) is 34.8. The molecule has 0 unspecified atom stereocenters. The molecular formula is C11H22FN3. The first-order chi connectivity index (χ1) is 7.31. The second-order valence-corrected chi connectivity index (χ2v) is 4.67. The number of nitrogens with one attached hydrogen (secondary N) is 1. The Labute approximate surface area is 91.6 Å². The van der Waals surface area contributed by atoms with Gasteiger partial charge in [0.2, 0.25) is 0 Å². The Morgan fingerprint density at radius 1 is 1.27 bits per heavy atom. The van der Waals surface area contributed by atoms with E-state index in [9.17, 15) is 4.39 Å². The minimum atomic E-state index is -0.207. The van der Waals surface area contributed by atoms with Crippen LogP contribution in [0.5, 0.6) is 0 Å². The first kappa shape index (κ1) is 11.3. The van der Waals surface area contributed by atoms with E-state index < -0.39 is 0 Å². The number of piperazine rings is 1. The van der Waals surface area contributed by atoms with Crippen molar-refractivity contribution in [3.63, 3.8) is 0 Å². The molecule has 2 rings (SSSR count). The Balaban J connectivity index is 1.77. The summed E-state index contributed by atoms with van der Waals surface area (Å²) >= 11 is 0. The maximum Gasteiger partial charge on any atom is 0.102 e. The minimum Gasteiger partial charge on any atom is -0.313 e. The van der Waals surface area contributed by atoms with Gasteiger partial charge in [-0.2, -0.15) is 0 Å². The molecule has 0 spiro atoms. The zero-order chi connectivity index (χ0) is 10.7. The van der Waals surface area contributed by atoms with Crippen LogP contribution in [-0.2, 0) is 0 Å². The van der Waals surface area contributed by atoms with Crippen LogP contribution in [0.2, 0.25) is 0 Å². The fourth-order valence-corrected chi connectivity index (χ4v) is 2.78. The van der Waals surface area contributed by atoms with Crippen LogP contribution in [0.4, 0.5) is 4.39 Å². The maximum atomic E-state index is 12.2. The third-order valence-corrected chi connectivity index (χ3v) is 3.76. The molecule has 0 aliphatic carbocycles. The van der Waals surface area contributed by atoms with Gasteiger partial charge in [-0.25, -0.2) is 4.39 Å². The lowest BCUT2D eigenvalue weighted by Gasteiger charge is -2.39. The topological polar surface area (TPSA) is 18.5 Å². The van der Waals surface area contributed by atoms with Gasteiger partial charge in [-0.15, -0.1) is 0 Å². The predicted octanol–water partition coefficient (Wildman–Crippen LogP) is 0.324. The summed E-state index contributed by atoms with van der Waals surface area (Å²) in [5.74, 6) is 0. The van der Waals surface area contributed by atoms with Crippen LogP contribution < -0.4 is 5.32 Å². The Kier molecular flexibility index (Phi) is 3.94. The van der Waals surface area contributed by atoms with Crippen LogP contribution in [0.15, 0.2) is 0 Å². The smallest absolute Gasteiger partial charge is 0.102 e. The number of alkyl halides is 1. The van der Waals surface area contributed by atoms with Gasteiger partial charge in [-0.05, 0) is 19.9 Å². The van der Waals surface area contributed by atoms with Crippen molar-refractivity contribution in [1.29, 1.82) is 0 Å². The summed E-state index contributed by atoms with van der Waals surface area (Å²) in [6.45, 7) is 8.11. The van der Waals surface area contributed by atoms with Gasteiger partial charge in [0.05, 0.1) is 0 Å². The monoisotopic (exact) mass is 215 g/mol. The summed E-state index contributed by atoms with van der Waals surface area (Å²) < 4.78 is 12.2. The van der Waals surface area contributed by atoms with E-state index in [1.54, 1.807) is 0 Å². The van der Waals surface area contributed by atoms with Crippen molar-refractivity contribution in [2.24, 2.45) is 0 Å². The number of hydrogen-bond acceptors (Lipinski definition) is 3. The molecule has 2 saturated heterocycles. The summed E-state index contributed by atoms with van der Waals surface area (Å²) in [4.78, 5) is 4.79. The lowest BCUT2D eigenvalue weighted by molar-refractivity contribution is 0.0886. The molecule has 4 heteroatoms. The molecule has 2 atom stereocenters. The summed E-state index contributed by atoms with van der Waals surface area (Å²) in [5, 5.41) is 3.49. The van der Waals surface area contributed by atoms with Crippen molar-refractivity contribution >= 4 is 0 Å². The van der Waals surface area contributed by atoms with Crippen LogP contribution in [0, 0.1) is 0 Å². The van der Waals surface area contributed by atoms with Gasteiger partial charge in [0.1, 0.15) is 6.67 Å². The Morgan fingerprint density at radius 3 is 2.53 bits per heavy atom. The fourth-order valence-electron chi connectivity index (χ4n) is 2.78. The van der Waals surface area contributed by atoms with E-state index in [1.165, 1.54) is 6.42 Å². The van der Waals surface area contributed by atoms with Gasteiger partial charge < -0.3 is 5.32 Å². The zero-order valence-electron chi connectivity index (χ0n) is 9.58. The molecule has 2 fully saturated rings. The van der Waals surface area contributed by atoms with Crippen molar-refractivity contribution < 1.29 is 4.39 Å². The highest BCUT2D eigenvalue weighted by Gasteiger charge is 2.30. The van der Waals surface area contributed by atoms with Gasteiger partial charge in [-0.3, -0.25) is 9.80 Å². The van der Waals surface area contributed by atoms with Crippen molar-refractivity contribution in [2.75, 3.05) is 45.9 Å². The Bertz CT molecular complexity index is 192. The zero-order valence-corrected chi connectivity index (χ0v) is 9.58. The highest BCUT2D eigenvalue weighted by atomic mass is 19.1. The van der Waals surface area contributed by atoms with E-state index in [1.807, 2.05) is 0 Å². The lowest BCUT2D eigenvalue weighted by Crippen LogP contribution is -2.53. The molecule has 2 aliphatic heterocycles. The standard InChI is InChI=1S/C11H22FN3/c1-10-11(2-4-13-10)15-8-6-14(5-3-12)7-9-15/h10-11,13H,2-9H2,1H3/t10-,11-/m0/s1. The highest BCUT2D eigenvalue weighted by Crippen LogP contribution is 2.16. The molecule has 0 aromatic carbocycles. The molecule has 2 heterocycles.